The number of rotatable bonds is 4. The highest BCUT2D eigenvalue weighted by atomic mass is 15.3. The van der Waals surface area contributed by atoms with Crippen LogP contribution >= 0.6 is 0 Å². The van der Waals surface area contributed by atoms with Crippen molar-refractivity contribution in [1.29, 1.82) is 0 Å². The van der Waals surface area contributed by atoms with Crippen molar-refractivity contribution in [2.75, 3.05) is 0 Å². The van der Waals surface area contributed by atoms with Crippen LogP contribution < -0.4 is 5.73 Å². The van der Waals surface area contributed by atoms with Crippen LogP contribution in [0.2, 0.25) is 0 Å². The molecule has 3 nitrogen and oxygen atoms in total. The lowest BCUT2D eigenvalue weighted by atomic mass is 10.1. The van der Waals surface area contributed by atoms with Gasteiger partial charge < -0.3 is 5.73 Å². The van der Waals surface area contributed by atoms with Crippen LogP contribution in [0.5, 0.6) is 0 Å². The van der Waals surface area contributed by atoms with Gasteiger partial charge in [0.05, 0.1) is 12.2 Å². The van der Waals surface area contributed by atoms with Gasteiger partial charge in [-0.2, -0.15) is 5.10 Å². The summed E-state index contributed by atoms with van der Waals surface area (Å²) in [5, 5.41) is 4.40. The van der Waals surface area contributed by atoms with E-state index in [1.807, 2.05) is 29.1 Å². The molecule has 0 aliphatic rings. The minimum Gasteiger partial charge on any atom is -0.326 e. The number of nitrogens with zero attached hydrogens (tertiary/aromatic N) is 2. The Morgan fingerprint density at radius 3 is 2.59 bits per heavy atom. The Morgan fingerprint density at radius 2 is 1.94 bits per heavy atom. The molecule has 0 radical (unpaired) electrons. The van der Waals surface area contributed by atoms with E-state index in [1.54, 1.807) is 0 Å². The van der Waals surface area contributed by atoms with Gasteiger partial charge in [-0.1, -0.05) is 37.3 Å². The molecule has 0 fully saturated rings. The first-order valence-corrected chi connectivity index (χ1v) is 6.07. The lowest BCUT2D eigenvalue weighted by Gasteiger charge is -2.18. The summed E-state index contributed by atoms with van der Waals surface area (Å²) in [4.78, 5) is 0. The summed E-state index contributed by atoms with van der Waals surface area (Å²) in [5.41, 5.74) is 8.37. The van der Waals surface area contributed by atoms with Crippen molar-refractivity contribution < 1.29 is 0 Å². The van der Waals surface area contributed by atoms with Gasteiger partial charge in [-0.3, -0.25) is 4.68 Å². The molecule has 0 aliphatic carbocycles. The highest BCUT2D eigenvalue weighted by Gasteiger charge is 2.13. The van der Waals surface area contributed by atoms with E-state index in [0.717, 1.165) is 12.0 Å². The van der Waals surface area contributed by atoms with Crippen molar-refractivity contribution in [3.05, 3.63) is 42.7 Å². The van der Waals surface area contributed by atoms with Crippen LogP contribution in [0.25, 0.3) is 11.1 Å². The molecule has 1 heterocycles. The van der Waals surface area contributed by atoms with Crippen molar-refractivity contribution in [1.82, 2.24) is 9.78 Å². The Balaban J connectivity index is 2.22. The molecule has 90 valence electrons. The van der Waals surface area contributed by atoms with E-state index in [-0.39, 0.29) is 12.1 Å². The molecule has 0 amide bonds. The van der Waals surface area contributed by atoms with Crippen LogP contribution in [-0.4, -0.2) is 15.8 Å². The second kappa shape index (κ2) is 5.15. The SMILES string of the molecule is CCC(N)C(C)n1cc(-c2ccccc2)cn1. The zero-order valence-corrected chi connectivity index (χ0v) is 10.4. The van der Waals surface area contributed by atoms with Crippen molar-refractivity contribution >= 4 is 0 Å². The van der Waals surface area contributed by atoms with Crippen molar-refractivity contribution in [2.24, 2.45) is 5.73 Å². The van der Waals surface area contributed by atoms with Gasteiger partial charge in [0.15, 0.2) is 0 Å². The van der Waals surface area contributed by atoms with Crippen LogP contribution in [0.15, 0.2) is 42.7 Å². The number of aromatic nitrogens is 2. The first kappa shape index (κ1) is 11.9. The van der Waals surface area contributed by atoms with E-state index in [4.69, 9.17) is 5.73 Å². The first-order valence-electron chi connectivity index (χ1n) is 6.07. The molecule has 0 aliphatic heterocycles. The smallest absolute Gasteiger partial charge is 0.0642 e. The van der Waals surface area contributed by atoms with Crippen LogP contribution in [-0.2, 0) is 0 Å². The van der Waals surface area contributed by atoms with Gasteiger partial charge >= 0.3 is 0 Å². The van der Waals surface area contributed by atoms with Crippen molar-refractivity contribution in [3.63, 3.8) is 0 Å². The third kappa shape index (κ3) is 2.56. The van der Waals surface area contributed by atoms with E-state index < -0.39 is 0 Å². The van der Waals surface area contributed by atoms with Gasteiger partial charge in [-0.15, -0.1) is 0 Å². The molecular formula is C14H19N3. The topological polar surface area (TPSA) is 43.8 Å². The first-order chi connectivity index (χ1) is 8.22. The van der Waals surface area contributed by atoms with Crippen LogP contribution in [0, 0.1) is 0 Å². The summed E-state index contributed by atoms with van der Waals surface area (Å²) in [5.74, 6) is 0. The van der Waals surface area contributed by atoms with E-state index in [9.17, 15) is 0 Å². The number of benzene rings is 1. The number of hydrogen-bond donors (Lipinski definition) is 1. The minimum absolute atomic E-state index is 0.151. The van der Waals surface area contributed by atoms with E-state index in [1.165, 1.54) is 5.56 Å². The maximum atomic E-state index is 6.04. The molecule has 2 aromatic rings. The average Bonchev–Trinajstić information content (AvgIpc) is 2.87. The number of hydrogen-bond acceptors (Lipinski definition) is 2. The van der Waals surface area contributed by atoms with Crippen molar-refractivity contribution in [2.45, 2.75) is 32.4 Å². The van der Waals surface area contributed by atoms with Crippen LogP contribution in [0.3, 0.4) is 0 Å². The maximum absolute atomic E-state index is 6.04. The Kier molecular flexibility index (Phi) is 3.59. The zero-order chi connectivity index (χ0) is 12.3. The summed E-state index contributed by atoms with van der Waals surface area (Å²) in [6.45, 7) is 4.21. The Labute approximate surface area is 102 Å². The molecule has 17 heavy (non-hydrogen) atoms. The molecule has 2 N–H and O–H groups in total. The van der Waals surface area contributed by atoms with Gasteiger partial charge in [-0.25, -0.2) is 0 Å². The normalized spacial score (nSPS) is 14.5. The van der Waals surface area contributed by atoms with Gasteiger partial charge in [0, 0.05) is 17.8 Å². The molecular weight excluding hydrogens is 210 g/mol. The summed E-state index contributed by atoms with van der Waals surface area (Å²) < 4.78 is 1.95. The second-order valence-corrected chi connectivity index (χ2v) is 4.39. The molecule has 3 heteroatoms. The highest BCUT2D eigenvalue weighted by molar-refractivity contribution is 5.61. The summed E-state index contributed by atoms with van der Waals surface area (Å²) in [7, 11) is 0. The predicted octanol–water partition coefficient (Wildman–Crippen LogP) is 2.85. The fourth-order valence-electron chi connectivity index (χ4n) is 1.88. The van der Waals surface area contributed by atoms with E-state index in [0.29, 0.717) is 0 Å². The lowest BCUT2D eigenvalue weighted by Crippen LogP contribution is -2.29. The summed E-state index contributed by atoms with van der Waals surface area (Å²) >= 11 is 0. The fourth-order valence-corrected chi connectivity index (χ4v) is 1.88. The Hall–Kier alpha value is -1.61. The molecule has 1 aromatic carbocycles. The largest absolute Gasteiger partial charge is 0.326 e. The average molecular weight is 229 g/mol. The quantitative estimate of drug-likeness (QED) is 0.876. The zero-order valence-electron chi connectivity index (χ0n) is 10.4. The lowest BCUT2D eigenvalue weighted by molar-refractivity contribution is 0.398. The number of nitrogens with two attached hydrogens (primary N) is 1. The predicted molar refractivity (Wildman–Crippen MR) is 70.6 cm³/mol. The third-order valence-corrected chi connectivity index (χ3v) is 3.22. The second-order valence-electron chi connectivity index (χ2n) is 4.39. The van der Waals surface area contributed by atoms with Crippen LogP contribution in [0.1, 0.15) is 26.3 Å². The van der Waals surface area contributed by atoms with Gasteiger partial charge in [0.2, 0.25) is 0 Å². The molecule has 0 saturated heterocycles. The van der Waals surface area contributed by atoms with E-state index >= 15 is 0 Å². The van der Waals surface area contributed by atoms with Gasteiger partial charge in [-0.05, 0) is 18.9 Å². The molecule has 0 spiro atoms. The van der Waals surface area contributed by atoms with E-state index in [2.05, 4.69) is 37.3 Å². The third-order valence-electron chi connectivity index (χ3n) is 3.22. The highest BCUT2D eigenvalue weighted by Crippen LogP contribution is 2.20. The molecule has 2 atom stereocenters. The standard InChI is InChI=1S/C14H19N3/c1-3-14(15)11(2)17-10-13(9-16-17)12-7-5-4-6-8-12/h4-11,14H,3,15H2,1-2H3. The monoisotopic (exact) mass is 229 g/mol. The molecule has 2 rings (SSSR count). The maximum Gasteiger partial charge on any atom is 0.0642 e. The Morgan fingerprint density at radius 1 is 1.24 bits per heavy atom. The molecule has 0 bridgehead atoms. The summed E-state index contributed by atoms with van der Waals surface area (Å²) in [6.07, 6.45) is 4.92. The molecule has 1 aromatic heterocycles. The van der Waals surface area contributed by atoms with Crippen LogP contribution in [0.4, 0.5) is 0 Å². The molecule has 0 saturated carbocycles. The summed E-state index contributed by atoms with van der Waals surface area (Å²) in [6, 6.07) is 10.7. The fraction of sp³-hybridized carbons (Fsp3) is 0.357. The van der Waals surface area contributed by atoms with Crippen molar-refractivity contribution in [3.8, 4) is 11.1 Å². The molecule has 2 unspecified atom stereocenters. The van der Waals surface area contributed by atoms with Gasteiger partial charge in [0.25, 0.3) is 0 Å². The minimum atomic E-state index is 0.151. The van der Waals surface area contributed by atoms with Gasteiger partial charge in [0.1, 0.15) is 0 Å². The Bertz CT molecular complexity index is 461.